The lowest BCUT2D eigenvalue weighted by atomic mass is 9.76. The van der Waals surface area contributed by atoms with Gasteiger partial charge in [0.1, 0.15) is 5.54 Å². The zero-order valence-electron chi connectivity index (χ0n) is 9.88. The molecule has 1 saturated carbocycles. The van der Waals surface area contributed by atoms with Crippen molar-refractivity contribution in [2.45, 2.75) is 51.1 Å². The summed E-state index contributed by atoms with van der Waals surface area (Å²) in [4.78, 5) is 22.6. The number of amides is 1. The quantitative estimate of drug-likeness (QED) is 0.618. The van der Waals surface area contributed by atoms with Crippen molar-refractivity contribution in [1.82, 2.24) is 10.6 Å². The molecule has 0 saturated heterocycles. The molecule has 0 heterocycles. The van der Waals surface area contributed by atoms with E-state index in [2.05, 4.69) is 10.6 Å². The van der Waals surface area contributed by atoms with Crippen LogP contribution in [0.15, 0.2) is 0 Å². The van der Waals surface area contributed by atoms with Gasteiger partial charge in [-0.2, -0.15) is 0 Å². The van der Waals surface area contributed by atoms with Crippen LogP contribution in [-0.2, 0) is 9.59 Å². The average Bonchev–Trinajstić information content (AvgIpc) is 2.10. The van der Waals surface area contributed by atoms with E-state index < -0.39 is 11.5 Å². The number of carbonyl (C=O) groups is 2. The summed E-state index contributed by atoms with van der Waals surface area (Å²) >= 11 is 0. The molecule has 0 spiro atoms. The predicted octanol–water partition coefficient (Wildman–Crippen LogP) is 0.498. The van der Waals surface area contributed by atoms with Crippen molar-refractivity contribution in [2.75, 3.05) is 6.54 Å². The molecule has 0 aromatic carbocycles. The van der Waals surface area contributed by atoms with E-state index in [4.69, 9.17) is 5.11 Å². The van der Waals surface area contributed by atoms with E-state index in [1.807, 2.05) is 13.8 Å². The zero-order chi connectivity index (χ0) is 12.2. The maximum Gasteiger partial charge on any atom is 0.329 e. The molecule has 92 valence electrons. The van der Waals surface area contributed by atoms with Crippen LogP contribution < -0.4 is 10.6 Å². The lowest BCUT2D eigenvalue weighted by Crippen LogP contribution is -2.59. The standard InChI is InChI=1S/C11H20N2O3/c1-3-12-8(2)7-9(14)13-11(10(15)16)5-4-6-11/h8,12H,3-7H2,1-2H3,(H,13,14)(H,15,16). The number of nitrogens with one attached hydrogen (secondary N) is 2. The minimum atomic E-state index is -0.983. The second-order valence-corrected chi connectivity index (χ2v) is 4.45. The fourth-order valence-electron chi connectivity index (χ4n) is 1.94. The summed E-state index contributed by atoms with van der Waals surface area (Å²) in [6.07, 6.45) is 2.28. The van der Waals surface area contributed by atoms with Gasteiger partial charge in [0.15, 0.2) is 0 Å². The number of rotatable bonds is 6. The molecule has 1 fully saturated rings. The van der Waals surface area contributed by atoms with Gasteiger partial charge in [0, 0.05) is 12.5 Å². The predicted molar refractivity (Wildman–Crippen MR) is 60.1 cm³/mol. The lowest BCUT2D eigenvalue weighted by Gasteiger charge is -2.38. The molecule has 1 aliphatic carbocycles. The largest absolute Gasteiger partial charge is 0.480 e. The summed E-state index contributed by atoms with van der Waals surface area (Å²) in [5.74, 6) is -1.10. The molecule has 1 amide bonds. The molecule has 0 aromatic heterocycles. The third kappa shape index (κ3) is 2.95. The Kier molecular flexibility index (Phi) is 4.29. The fourth-order valence-corrected chi connectivity index (χ4v) is 1.94. The smallest absolute Gasteiger partial charge is 0.329 e. The Hall–Kier alpha value is -1.10. The molecule has 3 N–H and O–H groups in total. The maximum atomic E-state index is 11.6. The topological polar surface area (TPSA) is 78.4 Å². The Balaban J connectivity index is 2.41. The van der Waals surface area contributed by atoms with Gasteiger partial charge in [-0.25, -0.2) is 4.79 Å². The first-order valence-corrected chi connectivity index (χ1v) is 5.78. The number of hydrogen-bond donors (Lipinski definition) is 3. The summed E-state index contributed by atoms with van der Waals surface area (Å²) in [5, 5.41) is 14.8. The number of carboxylic acids is 1. The molecule has 0 radical (unpaired) electrons. The van der Waals surface area contributed by atoms with Gasteiger partial charge in [0.25, 0.3) is 0 Å². The van der Waals surface area contributed by atoms with Gasteiger partial charge < -0.3 is 15.7 Å². The van der Waals surface area contributed by atoms with Crippen LogP contribution in [0.1, 0.15) is 39.5 Å². The van der Waals surface area contributed by atoms with Crippen LogP contribution in [0.3, 0.4) is 0 Å². The zero-order valence-corrected chi connectivity index (χ0v) is 9.88. The molecule has 1 rings (SSSR count). The lowest BCUT2D eigenvalue weighted by molar-refractivity contribution is -0.151. The summed E-state index contributed by atoms with van der Waals surface area (Å²) < 4.78 is 0. The molecular formula is C11H20N2O3. The minimum absolute atomic E-state index is 0.0796. The van der Waals surface area contributed by atoms with Crippen LogP contribution in [0, 0.1) is 0 Å². The van der Waals surface area contributed by atoms with Crippen LogP contribution in [0.5, 0.6) is 0 Å². The van der Waals surface area contributed by atoms with Crippen LogP contribution in [0.2, 0.25) is 0 Å². The van der Waals surface area contributed by atoms with Gasteiger partial charge in [0.05, 0.1) is 0 Å². The van der Waals surface area contributed by atoms with E-state index in [9.17, 15) is 9.59 Å². The highest BCUT2D eigenvalue weighted by Gasteiger charge is 2.45. The van der Waals surface area contributed by atoms with E-state index in [1.165, 1.54) is 0 Å². The van der Waals surface area contributed by atoms with Crippen molar-refractivity contribution in [1.29, 1.82) is 0 Å². The highest BCUT2D eigenvalue weighted by Crippen LogP contribution is 2.32. The molecule has 16 heavy (non-hydrogen) atoms. The molecule has 1 atom stereocenters. The van der Waals surface area contributed by atoms with Gasteiger partial charge in [-0.05, 0) is 32.7 Å². The summed E-state index contributed by atoms with van der Waals surface area (Å²) in [6, 6.07) is 0.0796. The van der Waals surface area contributed by atoms with E-state index in [1.54, 1.807) is 0 Å². The van der Waals surface area contributed by atoms with Crippen molar-refractivity contribution in [3.05, 3.63) is 0 Å². The third-order valence-electron chi connectivity index (χ3n) is 3.04. The summed E-state index contributed by atoms with van der Waals surface area (Å²) in [5.41, 5.74) is -0.983. The van der Waals surface area contributed by atoms with E-state index in [0.717, 1.165) is 13.0 Å². The van der Waals surface area contributed by atoms with Crippen LogP contribution >= 0.6 is 0 Å². The van der Waals surface area contributed by atoms with Crippen molar-refractivity contribution in [2.24, 2.45) is 0 Å². The molecule has 5 nitrogen and oxygen atoms in total. The Labute approximate surface area is 95.6 Å². The van der Waals surface area contributed by atoms with Gasteiger partial charge in [-0.15, -0.1) is 0 Å². The fraction of sp³-hybridized carbons (Fsp3) is 0.818. The first-order valence-electron chi connectivity index (χ1n) is 5.78. The second-order valence-electron chi connectivity index (χ2n) is 4.45. The first-order chi connectivity index (χ1) is 7.50. The highest BCUT2D eigenvalue weighted by atomic mass is 16.4. The Morgan fingerprint density at radius 3 is 2.44 bits per heavy atom. The maximum absolute atomic E-state index is 11.6. The molecule has 0 aliphatic heterocycles. The van der Waals surface area contributed by atoms with E-state index in [0.29, 0.717) is 19.3 Å². The second kappa shape index (κ2) is 5.30. The van der Waals surface area contributed by atoms with Gasteiger partial charge in [-0.3, -0.25) is 4.79 Å². The number of aliphatic carboxylic acids is 1. The van der Waals surface area contributed by atoms with Crippen molar-refractivity contribution in [3.8, 4) is 0 Å². The number of carboxylic acid groups (broad SMARTS) is 1. The van der Waals surface area contributed by atoms with Crippen LogP contribution in [0.25, 0.3) is 0 Å². The summed E-state index contributed by atoms with van der Waals surface area (Å²) in [7, 11) is 0. The molecule has 1 unspecified atom stereocenters. The van der Waals surface area contributed by atoms with E-state index in [-0.39, 0.29) is 11.9 Å². The van der Waals surface area contributed by atoms with Crippen molar-refractivity contribution in [3.63, 3.8) is 0 Å². The number of hydrogen-bond acceptors (Lipinski definition) is 3. The Morgan fingerprint density at radius 1 is 1.44 bits per heavy atom. The van der Waals surface area contributed by atoms with Crippen molar-refractivity contribution < 1.29 is 14.7 Å². The first kappa shape index (κ1) is 13.0. The molecule has 0 aromatic rings. The summed E-state index contributed by atoms with van der Waals surface area (Å²) in [6.45, 7) is 4.69. The van der Waals surface area contributed by atoms with Crippen LogP contribution in [0.4, 0.5) is 0 Å². The Bertz CT molecular complexity index is 274. The normalized spacial score (nSPS) is 19.6. The van der Waals surface area contributed by atoms with Gasteiger partial charge >= 0.3 is 5.97 Å². The SMILES string of the molecule is CCNC(C)CC(=O)NC1(C(=O)O)CCC1. The molecular weight excluding hydrogens is 208 g/mol. The molecule has 5 heteroatoms. The van der Waals surface area contributed by atoms with Gasteiger partial charge in [-0.1, -0.05) is 6.92 Å². The monoisotopic (exact) mass is 228 g/mol. The molecule has 1 aliphatic rings. The molecule has 0 bridgehead atoms. The average molecular weight is 228 g/mol. The van der Waals surface area contributed by atoms with Crippen molar-refractivity contribution >= 4 is 11.9 Å². The highest BCUT2D eigenvalue weighted by molar-refractivity contribution is 5.88. The van der Waals surface area contributed by atoms with Crippen LogP contribution in [-0.4, -0.2) is 35.1 Å². The Morgan fingerprint density at radius 2 is 2.06 bits per heavy atom. The van der Waals surface area contributed by atoms with E-state index >= 15 is 0 Å². The minimum Gasteiger partial charge on any atom is -0.480 e. The van der Waals surface area contributed by atoms with Gasteiger partial charge in [0.2, 0.25) is 5.91 Å². The number of carbonyl (C=O) groups excluding carboxylic acids is 1. The third-order valence-corrected chi connectivity index (χ3v) is 3.04.